The molecule has 2 aromatic rings. The highest BCUT2D eigenvalue weighted by Crippen LogP contribution is 2.28. The lowest BCUT2D eigenvalue weighted by Gasteiger charge is -2.20. The maximum atomic E-state index is 5.97. The second-order valence-corrected chi connectivity index (χ2v) is 4.59. The third kappa shape index (κ3) is 3.18. The van der Waals surface area contributed by atoms with E-state index in [9.17, 15) is 0 Å². The highest BCUT2D eigenvalue weighted by Gasteiger charge is 2.15. The summed E-state index contributed by atoms with van der Waals surface area (Å²) >= 11 is 0. The average Bonchev–Trinajstić information content (AvgIpc) is 2.38. The molecule has 0 aromatic heterocycles. The van der Waals surface area contributed by atoms with Crippen molar-refractivity contribution in [1.29, 1.82) is 0 Å². The zero-order valence-corrected chi connectivity index (χ0v) is 10.2. The molecule has 0 saturated heterocycles. The topological polar surface area (TPSA) is 26.0 Å². The molecule has 0 unspecified atom stereocenters. The summed E-state index contributed by atoms with van der Waals surface area (Å²) in [7, 11) is 0. The van der Waals surface area contributed by atoms with Gasteiger partial charge in [-0.1, -0.05) is 60.7 Å². The van der Waals surface area contributed by atoms with Gasteiger partial charge in [-0.3, -0.25) is 0 Å². The lowest BCUT2D eigenvalue weighted by atomic mass is 9.86. The van der Waals surface area contributed by atoms with E-state index in [1.165, 1.54) is 11.1 Å². The molecule has 0 aliphatic heterocycles. The Balaban J connectivity index is 2.32. The van der Waals surface area contributed by atoms with Crippen molar-refractivity contribution < 1.29 is 0 Å². The molecule has 0 radical (unpaired) electrons. The molecule has 0 fully saturated rings. The van der Waals surface area contributed by atoms with Crippen LogP contribution in [0.5, 0.6) is 0 Å². The van der Waals surface area contributed by atoms with Crippen LogP contribution >= 0.6 is 0 Å². The van der Waals surface area contributed by atoms with Gasteiger partial charge in [0.25, 0.3) is 0 Å². The van der Waals surface area contributed by atoms with Gasteiger partial charge in [0.2, 0.25) is 0 Å². The quantitative estimate of drug-likeness (QED) is 0.846. The number of rotatable bonds is 4. The van der Waals surface area contributed by atoms with E-state index in [0.717, 1.165) is 6.42 Å². The Morgan fingerprint density at radius 1 is 0.824 bits per heavy atom. The van der Waals surface area contributed by atoms with Crippen LogP contribution in [0, 0.1) is 0 Å². The summed E-state index contributed by atoms with van der Waals surface area (Å²) in [5.74, 6) is 0.400. The molecule has 2 rings (SSSR count). The molecular formula is C16H19N. The Morgan fingerprint density at radius 2 is 1.24 bits per heavy atom. The van der Waals surface area contributed by atoms with Gasteiger partial charge in [0.15, 0.2) is 0 Å². The molecule has 1 atom stereocenters. The Kier molecular flexibility index (Phi) is 3.94. The van der Waals surface area contributed by atoms with Crippen LogP contribution < -0.4 is 5.73 Å². The molecule has 2 N–H and O–H groups in total. The summed E-state index contributed by atoms with van der Waals surface area (Å²) in [4.78, 5) is 0. The van der Waals surface area contributed by atoms with E-state index in [1.807, 2.05) is 0 Å². The molecule has 88 valence electrons. The number of nitrogens with two attached hydrogens (primary N) is 1. The highest BCUT2D eigenvalue weighted by molar-refractivity contribution is 5.32. The van der Waals surface area contributed by atoms with E-state index >= 15 is 0 Å². The first kappa shape index (κ1) is 11.9. The fourth-order valence-corrected chi connectivity index (χ4v) is 2.21. The van der Waals surface area contributed by atoms with Gasteiger partial charge < -0.3 is 5.73 Å². The van der Waals surface area contributed by atoms with Gasteiger partial charge in [0.1, 0.15) is 0 Å². The molecule has 0 aliphatic carbocycles. The molecule has 0 heterocycles. The van der Waals surface area contributed by atoms with Crippen molar-refractivity contribution in [1.82, 2.24) is 0 Å². The van der Waals surface area contributed by atoms with E-state index < -0.39 is 0 Å². The third-order valence-electron chi connectivity index (χ3n) is 3.01. The van der Waals surface area contributed by atoms with Crippen molar-refractivity contribution in [3.63, 3.8) is 0 Å². The minimum absolute atomic E-state index is 0.209. The Bertz CT molecular complexity index is 394. The maximum Gasteiger partial charge on any atom is 0.0104 e. The molecule has 1 nitrogen and oxygen atoms in total. The van der Waals surface area contributed by atoms with Gasteiger partial charge >= 0.3 is 0 Å². The fourth-order valence-electron chi connectivity index (χ4n) is 2.21. The van der Waals surface area contributed by atoms with E-state index in [2.05, 4.69) is 67.6 Å². The summed E-state index contributed by atoms with van der Waals surface area (Å²) in [6.07, 6.45) is 0.980. The van der Waals surface area contributed by atoms with Crippen LogP contribution in [0.3, 0.4) is 0 Å². The van der Waals surface area contributed by atoms with Crippen molar-refractivity contribution >= 4 is 0 Å². The van der Waals surface area contributed by atoms with Crippen molar-refractivity contribution in [3.05, 3.63) is 71.8 Å². The lowest BCUT2D eigenvalue weighted by Crippen LogP contribution is -2.19. The standard InChI is InChI=1S/C16H19N/c1-13(17)12-16(14-8-4-2-5-9-14)15-10-6-3-7-11-15/h2-11,13,16H,12,17H2,1H3/t13-/m1/s1. The minimum Gasteiger partial charge on any atom is -0.328 e. The normalized spacial score (nSPS) is 12.6. The van der Waals surface area contributed by atoms with Crippen LogP contribution in [-0.2, 0) is 0 Å². The van der Waals surface area contributed by atoms with Gasteiger partial charge in [-0.25, -0.2) is 0 Å². The first-order chi connectivity index (χ1) is 8.27. The molecule has 17 heavy (non-hydrogen) atoms. The zero-order chi connectivity index (χ0) is 12.1. The fraction of sp³-hybridized carbons (Fsp3) is 0.250. The van der Waals surface area contributed by atoms with E-state index in [1.54, 1.807) is 0 Å². The van der Waals surface area contributed by atoms with Gasteiger partial charge in [-0.05, 0) is 24.5 Å². The van der Waals surface area contributed by atoms with Gasteiger partial charge in [-0.2, -0.15) is 0 Å². The van der Waals surface area contributed by atoms with Crippen LogP contribution in [0.25, 0.3) is 0 Å². The Morgan fingerprint density at radius 3 is 1.59 bits per heavy atom. The summed E-state index contributed by atoms with van der Waals surface area (Å²) in [6, 6.07) is 21.4. The molecule has 2 aromatic carbocycles. The largest absolute Gasteiger partial charge is 0.328 e. The molecule has 0 amide bonds. The van der Waals surface area contributed by atoms with Crippen molar-refractivity contribution in [2.45, 2.75) is 25.3 Å². The van der Waals surface area contributed by atoms with Gasteiger partial charge in [0.05, 0.1) is 0 Å². The molecule has 0 aliphatic rings. The minimum atomic E-state index is 0.209. The van der Waals surface area contributed by atoms with Crippen molar-refractivity contribution in [2.75, 3.05) is 0 Å². The smallest absolute Gasteiger partial charge is 0.0104 e. The van der Waals surface area contributed by atoms with Crippen molar-refractivity contribution in [3.8, 4) is 0 Å². The van der Waals surface area contributed by atoms with Crippen LogP contribution in [0.15, 0.2) is 60.7 Å². The first-order valence-corrected chi connectivity index (χ1v) is 6.13. The van der Waals surface area contributed by atoms with Crippen LogP contribution in [0.4, 0.5) is 0 Å². The lowest BCUT2D eigenvalue weighted by molar-refractivity contribution is 0.608. The SMILES string of the molecule is C[C@@H](N)CC(c1ccccc1)c1ccccc1. The van der Waals surface area contributed by atoms with Crippen LogP contribution in [0.1, 0.15) is 30.4 Å². The third-order valence-corrected chi connectivity index (χ3v) is 3.01. The first-order valence-electron chi connectivity index (χ1n) is 6.13. The summed E-state index contributed by atoms with van der Waals surface area (Å²) in [6.45, 7) is 2.07. The van der Waals surface area contributed by atoms with Crippen LogP contribution in [0.2, 0.25) is 0 Å². The van der Waals surface area contributed by atoms with Crippen LogP contribution in [-0.4, -0.2) is 6.04 Å². The average molecular weight is 225 g/mol. The molecule has 0 spiro atoms. The molecule has 1 heteroatoms. The second kappa shape index (κ2) is 5.65. The van der Waals surface area contributed by atoms with Gasteiger partial charge in [-0.15, -0.1) is 0 Å². The molecular weight excluding hydrogens is 206 g/mol. The molecule has 0 saturated carbocycles. The Hall–Kier alpha value is -1.60. The molecule has 0 bridgehead atoms. The summed E-state index contributed by atoms with van der Waals surface area (Å²) < 4.78 is 0. The second-order valence-electron chi connectivity index (χ2n) is 4.59. The summed E-state index contributed by atoms with van der Waals surface area (Å²) in [5.41, 5.74) is 8.66. The highest BCUT2D eigenvalue weighted by atomic mass is 14.6. The Labute approximate surface area is 103 Å². The number of benzene rings is 2. The number of hydrogen-bond acceptors (Lipinski definition) is 1. The van der Waals surface area contributed by atoms with E-state index in [0.29, 0.717) is 5.92 Å². The summed E-state index contributed by atoms with van der Waals surface area (Å²) in [5, 5.41) is 0. The van der Waals surface area contributed by atoms with Gasteiger partial charge in [0, 0.05) is 12.0 Å². The van der Waals surface area contributed by atoms with Crippen molar-refractivity contribution in [2.24, 2.45) is 5.73 Å². The maximum absolute atomic E-state index is 5.97. The van der Waals surface area contributed by atoms with E-state index in [4.69, 9.17) is 5.73 Å². The zero-order valence-electron chi connectivity index (χ0n) is 10.2. The van der Waals surface area contributed by atoms with E-state index in [-0.39, 0.29) is 6.04 Å². The predicted molar refractivity (Wildman–Crippen MR) is 73.0 cm³/mol. The predicted octanol–water partition coefficient (Wildman–Crippen LogP) is 3.56. The monoisotopic (exact) mass is 225 g/mol. The number of hydrogen-bond donors (Lipinski definition) is 1.